The minimum Gasteiger partial charge on any atom is -0.496 e. The molecule has 0 aromatic heterocycles. The van der Waals surface area contributed by atoms with Gasteiger partial charge in [-0.25, -0.2) is 0 Å². The summed E-state index contributed by atoms with van der Waals surface area (Å²) in [4.78, 5) is 10.2. The lowest BCUT2D eigenvalue weighted by Crippen LogP contribution is -2.09. The Hall–Kier alpha value is -1.78. The molecule has 0 unspecified atom stereocenters. The van der Waals surface area contributed by atoms with Crippen LogP contribution in [0.15, 0.2) is 18.2 Å². The molecular weight excluding hydrogens is 196 g/mol. The third kappa shape index (κ3) is 3.12. The summed E-state index contributed by atoms with van der Waals surface area (Å²) in [7, 11) is 1.48. The van der Waals surface area contributed by atoms with Gasteiger partial charge in [0.2, 0.25) is 0 Å². The maximum absolute atomic E-state index is 10.6. The Morgan fingerprint density at radius 1 is 1.40 bits per heavy atom. The van der Waals surface area contributed by atoms with Crippen molar-refractivity contribution in [2.45, 2.75) is 19.9 Å². The van der Waals surface area contributed by atoms with Crippen molar-refractivity contribution in [3.8, 4) is 5.75 Å². The van der Waals surface area contributed by atoms with Crippen LogP contribution >= 0.6 is 0 Å². The normalized spacial score (nSPS) is 10.1. The van der Waals surface area contributed by atoms with Gasteiger partial charge in [-0.3, -0.25) is 10.1 Å². The Balaban J connectivity index is 3.05. The van der Waals surface area contributed by atoms with E-state index in [0.717, 1.165) is 0 Å². The molecule has 0 heterocycles. The first kappa shape index (κ1) is 11.3. The van der Waals surface area contributed by atoms with Gasteiger partial charge in [-0.1, -0.05) is 0 Å². The van der Waals surface area contributed by atoms with E-state index in [0.29, 0.717) is 11.4 Å². The van der Waals surface area contributed by atoms with Crippen molar-refractivity contribution < 1.29 is 9.66 Å². The summed E-state index contributed by atoms with van der Waals surface area (Å²) >= 11 is 0. The number of non-ortho nitro benzene ring substituents is 1. The maximum Gasteiger partial charge on any atom is 0.275 e. The molecule has 5 heteroatoms. The summed E-state index contributed by atoms with van der Waals surface area (Å²) in [6.45, 7) is 3.93. The fraction of sp³-hybridized carbons (Fsp3) is 0.400. The standard InChI is InChI=1S/C10H14N2O3/c1-7(2)11-8-4-9(12(13)14)6-10(5-8)15-3/h4-7,11H,1-3H3. The molecule has 0 aliphatic heterocycles. The van der Waals surface area contributed by atoms with Crippen LogP contribution < -0.4 is 10.1 Å². The van der Waals surface area contributed by atoms with Crippen LogP contribution in [0.2, 0.25) is 0 Å². The van der Waals surface area contributed by atoms with Crippen LogP contribution in [0.1, 0.15) is 13.8 Å². The van der Waals surface area contributed by atoms with E-state index in [9.17, 15) is 10.1 Å². The van der Waals surface area contributed by atoms with Crippen LogP contribution in [0, 0.1) is 10.1 Å². The second kappa shape index (κ2) is 4.63. The smallest absolute Gasteiger partial charge is 0.275 e. The number of hydrogen-bond acceptors (Lipinski definition) is 4. The highest BCUT2D eigenvalue weighted by Crippen LogP contribution is 2.25. The zero-order valence-corrected chi connectivity index (χ0v) is 8.98. The third-order valence-corrected chi connectivity index (χ3v) is 1.79. The van der Waals surface area contributed by atoms with Crippen LogP contribution in [0.25, 0.3) is 0 Å². The summed E-state index contributed by atoms with van der Waals surface area (Å²) in [6, 6.07) is 4.83. The Morgan fingerprint density at radius 3 is 2.53 bits per heavy atom. The number of anilines is 1. The predicted octanol–water partition coefficient (Wildman–Crippen LogP) is 2.42. The quantitative estimate of drug-likeness (QED) is 0.612. The van der Waals surface area contributed by atoms with E-state index in [1.165, 1.54) is 19.2 Å². The van der Waals surface area contributed by atoms with Crippen LogP contribution in [-0.4, -0.2) is 18.1 Å². The van der Waals surface area contributed by atoms with Crippen LogP contribution in [0.3, 0.4) is 0 Å². The largest absolute Gasteiger partial charge is 0.496 e. The molecule has 0 amide bonds. The van der Waals surface area contributed by atoms with Gasteiger partial charge in [0.15, 0.2) is 0 Å². The Kier molecular flexibility index (Phi) is 3.49. The summed E-state index contributed by atoms with van der Waals surface area (Å²) in [5, 5.41) is 13.7. The van der Waals surface area contributed by atoms with E-state index in [1.54, 1.807) is 6.07 Å². The number of hydrogen-bond donors (Lipinski definition) is 1. The molecule has 0 radical (unpaired) electrons. The van der Waals surface area contributed by atoms with E-state index < -0.39 is 4.92 Å². The Labute approximate surface area is 88.2 Å². The number of methoxy groups -OCH3 is 1. The van der Waals surface area contributed by atoms with E-state index in [-0.39, 0.29) is 11.7 Å². The Bertz CT molecular complexity index is 364. The monoisotopic (exact) mass is 210 g/mol. The van der Waals surface area contributed by atoms with Gasteiger partial charge in [-0.2, -0.15) is 0 Å². The maximum atomic E-state index is 10.6. The van der Waals surface area contributed by atoms with Crippen molar-refractivity contribution in [1.29, 1.82) is 0 Å². The summed E-state index contributed by atoms with van der Waals surface area (Å²) < 4.78 is 4.98. The van der Waals surface area contributed by atoms with Gasteiger partial charge >= 0.3 is 0 Å². The highest BCUT2D eigenvalue weighted by atomic mass is 16.6. The summed E-state index contributed by atoms with van der Waals surface area (Å²) in [5.41, 5.74) is 0.716. The fourth-order valence-corrected chi connectivity index (χ4v) is 1.22. The SMILES string of the molecule is COc1cc(NC(C)C)cc([N+](=O)[O-])c1. The topological polar surface area (TPSA) is 64.4 Å². The van der Waals surface area contributed by atoms with Crippen molar-refractivity contribution in [3.05, 3.63) is 28.3 Å². The zero-order valence-electron chi connectivity index (χ0n) is 8.98. The average Bonchev–Trinajstić information content (AvgIpc) is 2.16. The lowest BCUT2D eigenvalue weighted by molar-refractivity contribution is -0.384. The number of nitrogens with one attached hydrogen (secondary N) is 1. The average molecular weight is 210 g/mol. The van der Waals surface area contributed by atoms with Crippen molar-refractivity contribution in [3.63, 3.8) is 0 Å². The van der Waals surface area contributed by atoms with Crippen molar-refractivity contribution in [2.24, 2.45) is 0 Å². The van der Waals surface area contributed by atoms with Crippen LogP contribution in [0.5, 0.6) is 5.75 Å². The second-order valence-corrected chi connectivity index (χ2v) is 3.48. The molecule has 1 aromatic carbocycles. The molecule has 1 rings (SSSR count). The van der Waals surface area contributed by atoms with Gasteiger partial charge < -0.3 is 10.1 Å². The van der Waals surface area contributed by atoms with Crippen molar-refractivity contribution in [2.75, 3.05) is 12.4 Å². The van der Waals surface area contributed by atoms with Gasteiger partial charge in [-0.05, 0) is 13.8 Å². The third-order valence-electron chi connectivity index (χ3n) is 1.79. The minimum atomic E-state index is -0.436. The van der Waals surface area contributed by atoms with E-state index in [1.807, 2.05) is 13.8 Å². The first-order valence-electron chi connectivity index (χ1n) is 4.63. The first-order chi connectivity index (χ1) is 7.02. The number of benzene rings is 1. The lowest BCUT2D eigenvalue weighted by atomic mass is 10.2. The van der Waals surface area contributed by atoms with E-state index >= 15 is 0 Å². The molecule has 15 heavy (non-hydrogen) atoms. The molecule has 5 nitrogen and oxygen atoms in total. The molecule has 0 spiro atoms. The molecule has 0 bridgehead atoms. The van der Waals surface area contributed by atoms with Gasteiger partial charge in [0.05, 0.1) is 18.1 Å². The summed E-state index contributed by atoms with van der Waals surface area (Å²) in [6.07, 6.45) is 0. The zero-order chi connectivity index (χ0) is 11.4. The predicted molar refractivity (Wildman–Crippen MR) is 58.4 cm³/mol. The fourth-order valence-electron chi connectivity index (χ4n) is 1.22. The molecule has 0 aliphatic carbocycles. The number of nitrogens with zero attached hydrogens (tertiary/aromatic N) is 1. The Morgan fingerprint density at radius 2 is 2.07 bits per heavy atom. The molecular formula is C10H14N2O3. The van der Waals surface area contributed by atoms with Crippen LogP contribution in [0.4, 0.5) is 11.4 Å². The van der Waals surface area contributed by atoms with Crippen LogP contribution in [-0.2, 0) is 0 Å². The first-order valence-corrected chi connectivity index (χ1v) is 4.63. The van der Waals surface area contributed by atoms with Gasteiger partial charge in [0.25, 0.3) is 5.69 Å². The molecule has 0 aliphatic rings. The summed E-state index contributed by atoms with van der Waals surface area (Å²) in [5.74, 6) is 0.479. The number of nitro groups is 1. The number of nitro benzene ring substituents is 1. The highest BCUT2D eigenvalue weighted by Gasteiger charge is 2.10. The molecule has 82 valence electrons. The van der Waals surface area contributed by atoms with Crippen molar-refractivity contribution >= 4 is 11.4 Å². The van der Waals surface area contributed by atoms with Crippen molar-refractivity contribution in [1.82, 2.24) is 0 Å². The molecule has 0 saturated carbocycles. The van der Waals surface area contributed by atoms with Gasteiger partial charge in [0, 0.05) is 23.9 Å². The lowest BCUT2D eigenvalue weighted by Gasteiger charge is -2.10. The number of ether oxygens (including phenoxy) is 1. The van der Waals surface area contributed by atoms with E-state index in [2.05, 4.69) is 5.32 Å². The minimum absolute atomic E-state index is 0.0255. The number of rotatable bonds is 4. The molecule has 0 atom stereocenters. The second-order valence-electron chi connectivity index (χ2n) is 3.48. The molecule has 1 N–H and O–H groups in total. The molecule has 1 aromatic rings. The molecule has 0 saturated heterocycles. The highest BCUT2D eigenvalue weighted by molar-refractivity contribution is 5.56. The molecule has 0 fully saturated rings. The van der Waals surface area contributed by atoms with Gasteiger partial charge in [0.1, 0.15) is 5.75 Å². The van der Waals surface area contributed by atoms with Gasteiger partial charge in [-0.15, -0.1) is 0 Å². The van der Waals surface area contributed by atoms with E-state index in [4.69, 9.17) is 4.74 Å².